The van der Waals surface area contributed by atoms with Crippen molar-refractivity contribution in [1.82, 2.24) is 14.5 Å². The van der Waals surface area contributed by atoms with E-state index in [0.29, 0.717) is 19.7 Å². The van der Waals surface area contributed by atoms with Crippen LogP contribution in [0.5, 0.6) is 0 Å². The minimum atomic E-state index is -0.0640. The summed E-state index contributed by atoms with van der Waals surface area (Å²) in [5.41, 5.74) is 2.21. The third kappa shape index (κ3) is 4.53. The second kappa shape index (κ2) is 8.33. The molecular formula is C21H21N3O2S. The summed E-state index contributed by atoms with van der Waals surface area (Å²) in [6.07, 6.45) is 9.05. The molecule has 6 heteroatoms. The average molecular weight is 379 g/mol. The largest absolute Gasteiger partial charge is 0.370 e. The molecule has 1 atom stereocenters. The van der Waals surface area contributed by atoms with Crippen LogP contribution in [0, 0.1) is 0 Å². The number of nitrogens with zero attached hydrogens (tertiary/aromatic N) is 3. The predicted molar refractivity (Wildman–Crippen MR) is 106 cm³/mol. The van der Waals surface area contributed by atoms with Crippen molar-refractivity contribution in [2.75, 3.05) is 6.54 Å². The van der Waals surface area contributed by atoms with Gasteiger partial charge in [-0.25, -0.2) is 0 Å². The molecular weight excluding hydrogens is 358 g/mol. The topological polar surface area (TPSA) is 47.4 Å². The highest BCUT2D eigenvalue weighted by molar-refractivity contribution is 7.10. The quantitative estimate of drug-likeness (QED) is 0.637. The van der Waals surface area contributed by atoms with Gasteiger partial charge in [-0.2, -0.15) is 0 Å². The summed E-state index contributed by atoms with van der Waals surface area (Å²) in [7, 11) is 0. The van der Waals surface area contributed by atoms with Crippen LogP contribution in [-0.2, 0) is 29.2 Å². The van der Waals surface area contributed by atoms with Crippen LogP contribution >= 0.6 is 11.3 Å². The Kier molecular flexibility index (Phi) is 5.46. The summed E-state index contributed by atoms with van der Waals surface area (Å²) in [6, 6.07) is 12.0. The first-order valence-electron chi connectivity index (χ1n) is 8.93. The van der Waals surface area contributed by atoms with Crippen molar-refractivity contribution in [2.45, 2.75) is 25.8 Å². The van der Waals surface area contributed by atoms with Gasteiger partial charge >= 0.3 is 0 Å². The zero-order valence-corrected chi connectivity index (χ0v) is 15.7. The number of thiophene rings is 1. The second-order valence-electron chi connectivity index (χ2n) is 6.51. The summed E-state index contributed by atoms with van der Waals surface area (Å²) in [5, 5.41) is 2.01. The number of carbonyl (C=O) groups excluding carboxylic acids is 1. The molecule has 1 aliphatic rings. The molecule has 0 saturated carbocycles. The van der Waals surface area contributed by atoms with Gasteiger partial charge in [-0.1, -0.05) is 6.07 Å². The Labute approximate surface area is 162 Å². The Morgan fingerprint density at radius 1 is 1.22 bits per heavy atom. The molecule has 1 amide bonds. The second-order valence-corrected chi connectivity index (χ2v) is 7.49. The molecule has 3 aromatic heterocycles. The molecule has 0 radical (unpaired) electrons. The lowest BCUT2D eigenvalue weighted by molar-refractivity contribution is -0.128. The number of hydrogen-bond donors (Lipinski definition) is 0. The fourth-order valence-corrected chi connectivity index (χ4v) is 3.78. The van der Waals surface area contributed by atoms with Crippen molar-refractivity contribution in [2.24, 2.45) is 0 Å². The van der Waals surface area contributed by atoms with E-state index in [4.69, 9.17) is 4.74 Å². The Morgan fingerprint density at radius 3 is 2.93 bits per heavy atom. The van der Waals surface area contributed by atoms with Crippen molar-refractivity contribution >= 4 is 23.3 Å². The molecule has 0 fully saturated rings. The maximum absolute atomic E-state index is 12.8. The van der Waals surface area contributed by atoms with Gasteiger partial charge in [0.2, 0.25) is 5.91 Å². The highest BCUT2D eigenvalue weighted by Gasteiger charge is 2.24. The first kappa shape index (κ1) is 17.7. The molecule has 0 spiro atoms. The average Bonchev–Trinajstić information content (AvgIpc) is 3.34. The van der Waals surface area contributed by atoms with E-state index in [9.17, 15) is 4.79 Å². The van der Waals surface area contributed by atoms with Gasteiger partial charge in [-0.15, -0.1) is 11.3 Å². The van der Waals surface area contributed by atoms with Crippen LogP contribution in [0.4, 0.5) is 0 Å². The minimum absolute atomic E-state index is 0.00978. The Balaban J connectivity index is 1.47. The zero-order chi connectivity index (χ0) is 18.5. The van der Waals surface area contributed by atoms with Crippen molar-refractivity contribution in [1.29, 1.82) is 0 Å². The molecule has 0 aliphatic carbocycles. The standard InChI is InChI=1S/C21H21N3O2S/c25-21(6-5-20-4-2-12-27-20)24-13-18-3-1-11-23(18)14-19(15-24)26-16-17-7-9-22-10-8-17/h1-12,19H,13-16H2/b6-5+/t19-/m0/s1. The third-order valence-corrected chi connectivity index (χ3v) is 5.42. The molecule has 0 aromatic carbocycles. The summed E-state index contributed by atoms with van der Waals surface area (Å²) < 4.78 is 8.32. The maximum atomic E-state index is 12.8. The Hall–Kier alpha value is -2.70. The van der Waals surface area contributed by atoms with E-state index in [1.54, 1.807) is 29.8 Å². The van der Waals surface area contributed by atoms with Gasteiger partial charge in [-0.3, -0.25) is 9.78 Å². The lowest BCUT2D eigenvalue weighted by Crippen LogP contribution is -2.36. The van der Waals surface area contributed by atoms with Gasteiger partial charge in [0.1, 0.15) is 0 Å². The lowest BCUT2D eigenvalue weighted by Gasteiger charge is -2.23. The first-order chi connectivity index (χ1) is 13.3. The summed E-state index contributed by atoms with van der Waals surface area (Å²) in [6.45, 7) is 2.42. The highest BCUT2D eigenvalue weighted by atomic mass is 32.1. The van der Waals surface area contributed by atoms with Crippen LogP contribution in [0.3, 0.4) is 0 Å². The molecule has 0 unspecified atom stereocenters. The zero-order valence-electron chi connectivity index (χ0n) is 14.9. The van der Waals surface area contributed by atoms with E-state index < -0.39 is 0 Å². The van der Waals surface area contributed by atoms with Crippen LogP contribution in [0.2, 0.25) is 0 Å². The van der Waals surface area contributed by atoms with Crippen LogP contribution in [0.25, 0.3) is 6.08 Å². The number of aromatic nitrogens is 2. The summed E-state index contributed by atoms with van der Waals surface area (Å²) >= 11 is 1.62. The van der Waals surface area contributed by atoms with Crippen molar-refractivity contribution in [3.63, 3.8) is 0 Å². The molecule has 5 nitrogen and oxygen atoms in total. The summed E-state index contributed by atoms with van der Waals surface area (Å²) in [4.78, 5) is 19.7. The fraction of sp³-hybridized carbons (Fsp3) is 0.238. The van der Waals surface area contributed by atoms with E-state index in [1.807, 2.05) is 52.9 Å². The Morgan fingerprint density at radius 2 is 2.11 bits per heavy atom. The monoisotopic (exact) mass is 379 g/mol. The SMILES string of the molecule is O=C(/C=C/c1cccs1)N1Cc2cccn2C[C@H](OCc2ccncc2)C1. The molecule has 0 bridgehead atoms. The fourth-order valence-electron chi connectivity index (χ4n) is 3.17. The van der Waals surface area contributed by atoms with E-state index in [2.05, 4.69) is 15.6 Å². The van der Waals surface area contributed by atoms with Crippen LogP contribution in [-0.4, -0.2) is 33.0 Å². The van der Waals surface area contributed by atoms with E-state index in [0.717, 1.165) is 22.7 Å². The first-order valence-corrected chi connectivity index (χ1v) is 9.81. The van der Waals surface area contributed by atoms with Gasteiger partial charge in [0.25, 0.3) is 0 Å². The molecule has 1 aliphatic heterocycles. The smallest absolute Gasteiger partial charge is 0.247 e. The van der Waals surface area contributed by atoms with Crippen molar-refractivity contribution < 1.29 is 9.53 Å². The van der Waals surface area contributed by atoms with Gasteiger partial charge in [0, 0.05) is 41.8 Å². The lowest BCUT2D eigenvalue weighted by atomic mass is 10.2. The predicted octanol–water partition coefficient (Wildman–Crippen LogP) is 3.59. The number of hydrogen-bond acceptors (Lipinski definition) is 4. The number of carbonyl (C=O) groups is 1. The Bertz CT molecular complexity index is 903. The molecule has 4 rings (SSSR count). The van der Waals surface area contributed by atoms with Gasteiger partial charge < -0.3 is 14.2 Å². The van der Waals surface area contributed by atoms with Crippen molar-refractivity contribution in [3.8, 4) is 0 Å². The van der Waals surface area contributed by atoms with Crippen LogP contribution in [0.15, 0.2) is 66.4 Å². The number of ether oxygens (including phenoxy) is 1. The molecule has 3 aromatic rings. The minimum Gasteiger partial charge on any atom is -0.370 e. The van der Waals surface area contributed by atoms with Crippen LogP contribution in [0.1, 0.15) is 16.1 Å². The number of amides is 1. The molecule has 0 saturated heterocycles. The number of fused-ring (bicyclic) bond motifs is 1. The molecule has 138 valence electrons. The van der Waals surface area contributed by atoms with Gasteiger partial charge in [0.05, 0.1) is 25.8 Å². The van der Waals surface area contributed by atoms with E-state index in [1.165, 1.54) is 0 Å². The van der Waals surface area contributed by atoms with E-state index in [-0.39, 0.29) is 12.0 Å². The molecule has 0 N–H and O–H groups in total. The van der Waals surface area contributed by atoms with Gasteiger partial charge in [0.15, 0.2) is 0 Å². The molecule has 4 heterocycles. The third-order valence-electron chi connectivity index (χ3n) is 4.58. The summed E-state index contributed by atoms with van der Waals surface area (Å²) in [5.74, 6) is 0.00978. The number of rotatable bonds is 5. The highest BCUT2D eigenvalue weighted by Crippen LogP contribution is 2.18. The van der Waals surface area contributed by atoms with E-state index >= 15 is 0 Å². The maximum Gasteiger partial charge on any atom is 0.247 e. The van der Waals surface area contributed by atoms with Crippen molar-refractivity contribution in [3.05, 3.63) is 82.6 Å². The normalized spacial score (nSPS) is 17.0. The van der Waals surface area contributed by atoms with Crippen LogP contribution < -0.4 is 0 Å². The number of pyridine rings is 1. The molecule has 27 heavy (non-hydrogen) atoms. The van der Waals surface area contributed by atoms with Gasteiger partial charge in [-0.05, 0) is 47.4 Å².